The molecule has 14 heteroatoms. The lowest BCUT2D eigenvalue weighted by Gasteiger charge is -2.28. The van der Waals surface area contributed by atoms with Crippen molar-refractivity contribution in [2.45, 2.75) is 31.0 Å². The first-order valence-corrected chi connectivity index (χ1v) is 11.1. The maximum Gasteiger partial charge on any atom is 0.456 e. The molecule has 3 aromatic rings. The zero-order chi connectivity index (χ0) is 23.1. The maximum absolute atomic E-state index is 15.1. The molecule has 0 saturated carbocycles. The van der Waals surface area contributed by atoms with Crippen LogP contribution in [0, 0.1) is 6.08 Å². The van der Waals surface area contributed by atoms with Crippen molar-refractivity contribution < 1.29 is 32.2 Å². The summed E-state index contributed by atoms with van der Waals surface area (Å²) < 4.78 is 58.6. The monoisotopic (exact) mass is 470 g/mol. The zero-order valence-corrected chi connectivity index (χ0v) is 17.9. The second-order valence-electron chi connectivity index (χ2n) is 7.34. The summed E-state index contributed by atoms with van der Waals surface area (Å²) in [5.74, 6) is 0.318. The lowest BCUT2D eigenvalue weighted by molar-refractivity contribution is -0.111. The Kier molecular flexibility index (Phi) is 5.86. The van der Waals surface area contributed by atoms with E-state index in [1.165, 1.54) is 32.4 Å². The van der Waals surface area contributed by atoms with Gasteiger partial charge in [-0.2, -0.15) is 14.4 Å². The first kappa shape index (κ1) is 22.5. The fourth-order valence-electron chi connectivity index (χ4n) is 3.36. The van der Waals surface area contributed by atoms with Crippen molar-refractivity contribution >= 4 is 24.7 Å². The molecule has 1 aliphatic rings. The van der Waals surface area contributed by atoms with Crippen LogP contribution >= 0.6 is 7.75 Å². The molecule has 0 amide bonds. The number of aliphatic hydroxyl groups is 1. The molecule has 1 aromatic carbocycles. The SMILES string of the molecule is CNc1nc(F)nc2c1ncn2[C@@H]1OC(C)(COP(N)(=O)Oc2ccccc2)[C@@H](O)[C@H]1F. The fourth-order valence-corrected chi connectivity index (χ4v) is 4.26. The molecule has 1 fully saturated rings. The molecular weight excluding hydrogens is 449 g/mol. The Labute approximate surface area is 181 Å². The molecule has 2 aromatic heterocycles. The molecule has 32 heavy (non-hydrogen) atoms. The minimum absolute atomic E-state index is 0.0382. The summed E-state index contributed by atoms with van der Waals surface area (Å²) in [5, 5.41) is 13.2. The second kappa shape index (κ2) is 8.34. The Balaban J connectivity index is 1.54. The lowest BCUT2D eigenvalue weighted by atomic mass is 9.99. The summed E-state index contributed by atoms with van der Waals surface area (Å²) in [6, 6.07) is 8.10. The average Bonchev–Trinajstić information content (AvgIpc) is 3.27. The van der Waals surface area contributed by atoms with E-state index in [1.807, 2.05) is 0 Å². The lowest BCUT2D eigenvalue weighted by Crippen LogP contribution is -2.43. The van der Waals surface area contributed by atoms with Crippen molar-refractivity contribution in [3.63, 3.8) is 0 Å². The number of halogens is 2. The number of hydrogen-bond donors (Lipinski definition) is 3. The molecule has 0 spiro atoms. The number of ether oxygens (including phenoxy) is 1. The molecule has 3 heterocycles. The van der Waals surface area contributed by atoms with Gasteiger partial charge in [-0.15, -0.1) is 0 Å². The molecule has 4 rings (SSSR count). The molecule has 0 aliphatic carbocycles. The van der Waals surface area contributed by atoms with Crippen molar-refractivity contribution in [2.24, 2.45) is 5.50 Å². The highest BCUT2D eigenvalue weighted by atomic mass is 31.2. The molecule has 0 bridgehead atoms. The Morgan fingerprint density at radius 3 is 2.78 bits per heavy atom. The third-order valence-electron chi connectivity index (χ3n) is 5.00. The van der Waals surface area contributed by atoms with Gasteiger partial charge in [-0.25, -0.2) is 19.4 Å². The highest BCUT2D eigenvalue weighted by Gasteiger charge is 2.54. The number of aromatic nitrogens is 4. The first-order chi connectivity index (χ1) is 15.1. The van der Waals surface area contributed by atoms with Gasteiger partial charge in [0.15, 0.2) is 29.4 Å². The number of nitrogens with two attached hydrogens (primary N) is 1. The Morgan fingerprint density at radius 1 is 1.38 bits per heavy atom. The average molecular weight is 470 g/mol. The van der Waals surface area contributed by atoms with E-state index in [9.17, 15) is 14.1 Å². The van der Waals surface area contributed by atoms with Gasteiger partial charge in [0.1, 0.15) is 17.5 Å². The third kappa shape index (κ3) is 4.17. The summed E-state index contributed by atoms with van der Waals surface area (Å²) in [6.45, 7) is 0.809. The highest BCUT2D eigenvalue weighted by Crippen LogP contribution is 2.45. The van der Waals surface area contributed by atoms with E-state index < -0.39 is 44.5 Å². The third-order valence-corrected chi connectivity index (χ3v) is 5.96. The first-order valence-electron chi connectivity index (χ1n) is 9.49. The molecule has 5 atom stereocenters. The largest absolute Gasteiger partial charge is 0.456 e. The normalized spacial score (nSPS) is 27.4. The number of nitrogens with zero attached hydrogens (tertiary/aromatic N) is 4. The smallest absolute Gasteiger partial charge is 0.413 e. The van der Waals surface area contributed by atoms with Crippen LogP contribution in [0.5, 0.6) is 5.75 Å². The number of hydrogen-bond acceptors (Lipinski definition) is 9. The van der Waals surface area contributed by atoms with Crippen molar-refractivity contribution in [3.05, 3.63) is 42.7 Å². The number of alkyl halides is 1. The predicted molar refractivity (Wildman–Crippen MR) is 109 cm³/mol. The van der Waals surface area contributed by atoms with Crippen LogP contribution in [0.3, 0.4) is 0 Å². The second-order valence-corrected chi connectivity index (χ2v) is 8.86. The van der Waals surface area contributed by atoms with Gasteiger partial charge in [0.05, 0.1) is 12.9 Å². The summed E-state index contributed by atoms with van der Waals surface area (Å²) in [5.41, 5.74) is 4.11. The number of fused-ring (bicyclic) bond motifs is 1. The number of benzene rings is 1. The molecule has 11 nitrogen and oxygen atoms in total. The van der Waals surface area contributed by atoms with Crippen LogP contribution in [0.1, 0.15) is 13.2 Å². The van der Waals surface area contributed by atoms with Crippen LogP contribution in [0.25, 0.3) is 11.2 Å². The Bertz CT molecular complexity index is 1170. The van der Waals surface area contributed by atoms with Gasteiger partial charge in [-0.3, -0.25) is 9.09 Å². The summed E-state index contributed by atoms with van der Waals surface area (Å²) in [4.78, 5) is 11.3. The van der Waals surface area contributed by atoms with Crippen LogP contribution in [0.2, 0.25) is 0 Å². The molecule has 4 N–H and O–H groups in total. The van der Waals surface area contributed by atoms with Gasteiger partial charge in [0, 0.05) is 7.05 Å². The quantitative estimate of drug-likeness (QED) is 0.347. The minimum atomic E-state index is -4.10. The molecule has 172 valence electrons. The van der Waals surface area contributed by atoms with Gasteiger partial charge < -0.3 is 19.7 Å². The molecule has 1 saturated heterocycles. The van der Waals surface area contributed by atoms with Gasteiger partial charge in [-0.05, 0) is 19.1 Å². The molecular formula is C18H21F2N6O5P. The van der Waals surface area contributed by atoms with Crippen LogP contribution in [-0.2, 0) is 13.8 Å². The number of imidazole rings is 1. The summed E-state index contributed by atoms with van der Waals surface area (Å²) >= 11 is 0. The Hall–Kier alpha value is -2.70. The molecule has 0 radical (unpaired) electrons. The molecule has 2 unspecified atom stereocenters. The standard InChI is InChI=1S/C18H21F2N6O5P/c1-18(8-29-32(21,28)31-10-6-4-3-5-7-10)13(27)11(19)16(30-18)26-9-23-12-14(22-2)24-17(20)25-15(12)26/h3-7,9,11,13,16,27H,8H2,1-2H3,(H2,21,28)(H,22,24,25)/t11-,13+,16-,18?,32?/m1/s1. The van der Waals surface area contributed by atoms with Crippen molar-refractivity contribution in [2.75, 3.05) is 19.0 Å². The van der Waals surface area contributed by atoms with Gasteiger partial charge in [-0.1, -0.05) is 18.2 Å². The van der Waals surface area contributed by atoms with Gasteiger partial charge >= 0.3 is 13.8 Å². The van der Waals surface area contributed by atoms with E-state index in [2.05, 4.69) is 20.3 Å². The van der Waals surface area contributed by atoms with E-state index >= 15 is 4.39 Å². The van der Waals surface area contributed by atoms with Crippen LogP contribution < -0.4 is 15.3 Å². The predicted octanol–water partition coefficient (Wildman–Crippen LogP) is 2.16. The topological polar surface area (TPSA) is 147 Å². The fraction of sp³-hybridized carbons (Fsp3) is 0.389. The number of anilines is 1. The summed E-state index contributed by atoms with van der Waals surface area (Å²) in [7, 11) is -2.58. The van der Waals surface area contributed by atoms with Crippen molar-refractivity contribution in [1.82, 2.24) is 19.5 Å². The minimum Gasteiger partial charge on any atom is -0.413 e. The van der Waals surface area contributed by atoms with E-state index in [0.29, 0.717) is 0 Å². The number of para-hydroxylation sites is 1. The Morgan fingerprint density at radius 2 is 2.09 bits per heavy atom. The number of nitrogens with one attached hydrogen (secondary N) is 1. The van der Waals surface area contributed by atoms with E-state index in [1.54, 1.807) is 18.2 Å². The summed E-state index contributed by atoms with van der Waals surface area (Å²) in [6.07, 6.45) is -4.94. The van der Waals surface area contributed by atoms with Crippen molar-refractivity contribution in [3.8, 4) is 5.75 Å². The highest BCUT2D eigenvalue weighted by molar-refractivity contribution is 7.51. The maximum atomic E-state index is 15.1. The van der Waals surface area contributed by atoms with Gasteiger partial charge in [0.25, 0.3) is 0 Å². The zero-order valence-electron chi connectivity index (χ0n) is 17.1. The van der Waals surface area contributed by atoms with Crippen LogP contribution in [-0.4, -0.2) is 56.2 Å². The van der Waals surface area contributed by atoms with Crippen LogP contribution in [0.4, 0.5) is 14.6 Å². The number of rotatable bonds is 7. The van der Waals surface area contributed by atoms with Gasteiger partial charge in [0.2, 0.25) is 0 Å². The van der Waals surface area contributed by atoms with E-state index in [4.69, 9.17) is 19.3 Å². The van der Waals surface area contributed by atoms with Crippen molar-refractivity contribution in [1.29, 1.82) is 0 Å². The molecule has 1 aliphatic heterocycles. The van der Waals surface area contributed by atoms with Crippen LogP contribution in [0.15, 0.2) is 36.7 Å². The van der Waals surface area contributed by atoms with E-state index in [0.717, 1.165) is 4.57 Å². The number of aliphatic hydroxyl groups excluding tert-OH is 1. The van der Waals surface area contributed by atoms with E-state index in [-0.39, 0.29) is 22.7 Å².